The second-order valence-corrected chi connectivity index (χ2v) is 9.05. The molecular formula is C26H27NO5S. The Hall–Kier alpha value is -3.03. The largest absolute Gasteiger partial charge is 0.493 e. The smallest absolute Gasteiger partial charge is 0.254 e. The van der Waals surface area contributed by atoms with Gasteiger partial charge in [-0.25, -0.2) is 0 Å². The van der Waals surface area contributed by atoms with Crippen molar-refractivity contribution in [2.24, 2.45) is 0 Å². The zero-order valence-electron chi connectivity index (χ0n) is 18.4. The minimum absolute atomic E-state index is 0.0485. The SMILES string of the molecule is O=C(c1ccc2c(c1)OCO2)N(Cc1cccc(OCCc2ccsc2)c1)C[C@H]1CCCO1. The average molecular weight is 466 g/mol. The number of carbonyl (C=O) groups is 1. The number of benzene rings is 2. The van der Waals surface area contributed by atoms with Crippen LogP contribution in [0.5, 0.6) is 17.2 Å². The van der Waals surface area contributed by atoms with Gasteiger partial charge in [0.15, 0.2) is 11.5 Å². The molecule has 1 saturated heterocycles. The standard InChI is InChI=1S/C26H27NO5S/c28-26(21-6-7-24-25(14-21)32-18-31-24)27(16-23-5-2-10-29-23)15-20-3-1-4-22(13-20)30-11-8-19-9-12-33-17-19/h1,3-4,6-7,9,12-14,17,23H,2,5,8,10-11,15-16,18H2/t23-/m1/s1. The number of thiophene rings is 1. The van der Waals surface area contributed by atoms with Crippen LogP contribution in [0, 0.1) is 0 Å². The summed E-state index contributed by atoms with van der Waals surface area (Å²) in [6, 6.07) is 15.5. The molecule has 1 fully saturated rings. The predicted molar refractivity (Wildman–Crippen MR) is 126 cm³/mol. The zero-order chi connectivity index (χ0) is 22.5. The van der Waals surface area contributed by atoms with Crippen molar-refractivity contribution in [1.29, 1.82) is 0 Å². The Balaban J connectivity index is 1.29. The predicted octanol–water partition coefficient (Wildman–Crippen LogP) is 4.92. The van der Waals surface area contributed by atoms with Crippen LogP contribution in [0.2, 0.25) is 0 Å². The van der Waals surface area contributed by atoms with E-state index >= 15 is 0 Å². The van der Waals surface area contributed by atoms with E-state index in [1.807, 2.05) is 29.2 Å². The summed E-state index contributed by atoms with van der Waals surface area (Å²) < 4.78 is 22.7. The lowest BCUT2D eigenvalue weighted by molar-refractivity contribution is 0.0507. The number of nitrogens with zero attached hydrogens (tertiary/aromatic N) is 1. The normalized spacial score (nSPS) is 16.7. The molecule has 7 heteroatoms. The Kier molecular flexibility index (Phi) is 6.79. The van der Waals surface area contributed by atoms with E-state index in [4.69, 9.17) is 18.9 Å². The molecule has 2 aliphatic heterocycles. The Morgan fingerprint density at radius 1 is 1.09 bits per heavy atom. The van der Waals surface area contributed by atoms with Gasteiger partial charge in [-0.3, -0.25) is 4.79 Å². The number of rotatable bonds is 9. The molecule has 6 nitrogen and oxygen atoms in total. The lowest BCUT2D eigenvalue weighted by Gasteiger charge is -2.26. The van der Waals surface area contributed by atoms with E-state index in [1.54, 1.807) is 29.5 Å². The molecular weight excluding hydrogens is 438 g/mol. The van der Waals surface area contributed by atoms with Crippen LogP contribution in [0.15, 0.2) is 59.3 Å². The molecule has 33 heavy (non-hydrogen) atoms. The van der Waals surface area contributed by atoms with Crippen LogP contribution in [-0.2, 0) is 17.7 Å². The van der Waals surface area contributed by atoms with Crippen LogP contribution in [0.4, 0.5) is 0 Å². The number of ether oxygens (including phenoxy) is 4. The second kappa shape index (κ2) is 10.3. The van der Waals surface area contributed by atoms with Gasteiger partial charge in [-0.15, -0.1) is 0 Å². The molecule has 0 spiro atoms. The van der Waals surface area contributed by atoms with Crippen LogP contribution >= 0.6 is 11.3 Å². The summed E-state index contributed by atoms with van der Waals surface area (Å²) in [5.41, 5.74) is 2.89. The van der Waals surface area contributed by atoms with Crippen molar-refractivity contribution in [3.63, 3.8) is 0 Å². The Morgan fingerprint density at radius 3 is 2.88 bits per heavy atom. The van der Waals surface area contributed by atoms with Crippen molar-refractivity contribution in [1.82, 2.24) is 4.90 Å². The Bertz CT molecular complexity index is 1080. The van der Waals surface area contributed by atoms with E-state index in [0.29, 0.717) is 36.8 Å². The zero-order valence-corrected chi connectivity index (χ0v) is 19.2. The van der Waals surface area contributed by atoms with Crippen molar-refractivity contribution in [3.05, 3.63) is 76.0 Å². The van der Waals surface area contributed by atoms with E-state index < -0.39 is 0 Å². The third-order valence-corrected chi connectivity index (χ3v) is 6.60. The van der Waals surface area contributed by atoms with E-state index in [0.717, 1.165) is 37.2 Å². The molecule has 3 heterocycles. The van der Waals surface area contributed by atoms with Crippen LogP contribution < -0.4 is 14.2 Å². The summed E-state index contributed by atoms with van der Waals surface area (Å²) >= 11 is 1.70. The minimum Gasteiger partial charge on any atom is -0.493 e. The van der Waals surface area contributed by atoms with Crippen LogP contribution in [0.1, 0.15) is 34.3 Å². The summed E-state index contributed by atoms with van der Waals surface area (Å²) in [6.45, 7) is 2.59. The molecule has 1 amide bonds. The molecule has 0 aliphatic carbocycles. The first-order valence-corrected chi connectivity index (χ1v) is 12.2. The molecule has 172 valence electrons. The second-order valence-electron chi connectivity index (χ2n) is 8.27. The third kappa shape index (κ3) is 5.49. The molecule has 0 N–H and O–H groups in total. The maximum atomic E-state index is 13.5. The van der Waals surface area contributed by atoms with Gasteiger partial charge < -0.3 is 23.8 Å². The fourth-order valence-corrected chi connectivity index (χ4v) is 4.84. The molecule has 0 radical (unpaired) electrons. The fraction of sp³-hybridized carbons (Fsp3) is 0.346. The molecule has 5 rings (SSSR count). The van der Waals surface area contributed by atoms with Crippen LogP contribution in [-0.4, -0.2) is 43.5 Å². The molecule has 2 aliphatic rings. The Labute approximate surface area is 197 Å². The van der Waals surface area contributed by atoms with Crippen molar-refractivity contribution in [3.8, 4) is 17.2 Å². The number of fused-ring (bicyclic) bond motifs is 1. The summed E-state index contributed by atoms with van der Waals surface area (Å²) in [5.74, 6) is 2.05. The van der Waals surface area contributed by atoms with Crippen LogP contribution in [0.3, 0.4) is 0 Å². The van der Waals surface area contributed by atoms with Gasteiger partial charge in [0.2, 0.25) is 6.79 Å². The summed E-state index contributed by atoms with van der Waals surface area (Å²) in [5, 5.41) is 4.22. The van der Waals surface area contributed by atoms with Gasteiger partial charge >= 0.3 is 0 Å². The highest BCUT2D eigenvalue weighted by Crippen LogP contribution is 2.33. The molecule has 0 unspecified atom stereocenters. The topological polar surface area (TPSA) is 57.2 Å². The average Bonchev–Trinajstić information content (AvgIpc) is 3.61. The number of hydrogen-bond donors (Lipinski definition) is 0. The van der Waals surface area contributed by atoms with Gasteiger partial charge in [-0.1, -0.05) is 12.1 Å². The first-order valence-electron chi connectivity index (χ1n) is 11.3. The molecule has 2 aromatic carbocycles. The first kappa shape index (κ1) is 21.8. The maximum absolute atomic E-state index is 13.5. The van der Waals surface area contributed by atoms with Crippen molar-refractivity contribution in [2.45, 2.75) is 31.9 Å². The van der Waals surface area contributed by atoms with E-state index in [9.17, 15) is 4.79 Å². The van der Waals surface area contributed by atoms with Crippen molar-refractivity contribution < 1.29 is 23.7 Å². The highest BCUT2D eigenvalue weighted by atomic mass is 32.1. The maximum Gasteiger partial charge on any atom is 0.254 e. The molecule has 1 atom stereocenters. The molecule has 0 saturated carbocycles. The van der Waals surface area contributed by atoms with Gasteiger partial charge in [-0.05, 0) is 71.1 Å². The summed E-state index contributed by atoms with van der Waals surface area (Å²) in [6.07, 6.45) is 2.94. The van der Waals surface area contributed by atoms with Gasteiger partial charge in [0, 0.05) is 31.7 Å². The van der Waals surface area contributed by atoms with E-state index in [1.165, 1.54) is 5.56 Å². The number of amides is 1. The van der Waals surface area contributed by atoms with Crippen molar-refractivity contribution in [2.75, 3.05) is 26.6 Å². The third-order valence-electron chi connectivity index (χ3n) is 5.87. The Morgan fingerprint density at radius 2 is 2.03 bits per heavy atom. The summed E-state index contributed by atoms with van der Waals surface area (Å²) in [4.78, 5) is 15.3. The van der Waals surface area contributed by atoms with Gasteiger partial charge in [-0.2, -0.15) is 11.3 Å². The highest BCUT2D eigenvalue weighted by molar-refractivity contribution is 7.07. The minimum atomic E-state index is -0.0485. The number of hydrogen-bond acceptors (Lipinski definition) is 6. The molecule has 3 aromatic rings. The fourth-order valence-electron chi connectivity index (χ4n) is 4.14. The quantitative estimate of drug-likeness (QED) is 0.449. The van der Waals surface area contributed by atoms with Crippen molar-refractivity contribution >= 4 is 17.2 Å². The first-order chi connectivity index (χ1) is 16.2. The lowest BCUT2D eigenvalue weighted by atomic mass is 10.1. The highest BCUT2D eigenvalue weighted by Gasteiger charge is 2.25. The number of carbonyl (C=O) groups excluding carboxylic acids is 1. The van der Waals surface area contributed by atoms with Gasteiger partial charge in [0.1, 0.15) is 5.75 Å². The van der Waals surface area contributed by atoms with Gasteiger partial charge in [0.25, 0.3) is 5.91 Å². The summed E-state index contributed by atoms with van der Waals surface area (Å²) in [7, 11) is 0. The van der Waals surface area contributed by atoms with E-state index in [-0.39, 0.29) is 18.8 Å². The lowest BCUT2D eigenvalue weighted by Crippen LogP contribution is -2.37. The molecule has 1 aromatic heterocycles. The van der Waals surface area contributed by atoms with Crippen LogP contribution in [0.25, 0.3) is 0 Å². The molecule has 0 bridgehead atoms. The monoisotopic (exact) mass is 465 g/mol. The van der Waals surface area contributed by atoms with E-state index in [2.05, 4.69) is 16.8 Å². The van der Waals surface area contributed by atoms with Gasteiger partial charge in [0.05, 0.1) is 12.7 Å².